The van der Waals surface area contributed by atoms with Crippen molar-refractivity contribution in [2.45, 2.75) is 32.4 Å². The van der Waals surface area contributed by atoms with Gasteiger partial charge < -0.3 is 0 Å². The molecule has 0 radical (unpaired) electrons. The van der Waals surface area contributed by atoms with Crippen LogP contribution in [0.15, 0.2) is 0 Å². The molecule has 0 aliphatic carbocycles. The molecule has 1 fully saturated rings. The molecule has 3 atom stereocenters. The van der Waals surface area contributed by atoms with Gasteiger partial charge in [-0.3, -0.25) is 16.4 Å². The van der Waals surface area contributed by atoms with Gasteiger partial charge in [0.15, 0.2) is 0 Å². The Bertz CT molecular complexity index is 207. The summed E-state index contributed by atoms with van der Waals surface area (Å²) in [5.74, 6) is -0.502. The zero-order chi connectivity index (χ0) is 10.4. The molecule has 0 aromatic carbocycles. The van der Waals surface area contributed by atoms with Gasteiger partial charge in [-0.05, 0) is 11.8 Å². The SMILES string of the molecule is C[C@H]1[C@H](C)C[Si](F)(F)[Si](F)(F)[C@@H]1C. The van der Waals surface area contributed by atoms with Gasteiger partial charge in [0.1, 0.15) is 0 Å². The summed E-state index contributed by atoms with van der Waals surface area (Å²) >= 11 is 0. The lowest BCUT2D eigenvalue weighted by molar-refractivity contribution is 0.332. The molecule has 1 aliphatic rings. The van der Waals surface area contributed by atoms with Crippen LogP contribution in [0.2, 0.25) is 11.6 Å². The Balaban J connectivity index is 2.96. The van der Waals surface area contributed by atoms with Crippen molar-refractivity contribution in [1.82, 2.24) is 0 Å². The molecule has 1 heterocycles. The lowest BCUT2D eigenvalue weighted by atomic mass is 9.95. The minimum Gasteiger partial charge on any atom is -0.268 e. The van der Waals surface area contributed by atoms with E-state index >= 15 is 0 Å². The fraction of sp³-hybridized carbons (Fsp3) is 1.00. The van der Waals surface area contributed by atoms with Crippen molar-refractivity contribution in [2.75, 3.05) is 0 Å². The molecule has 1 saturated heterocycles. The van der Waals surface area contributed by atoms with E-state index in [0.29, 0.717) is 0 Å². The van der Waals surface area contributed by atoms with E-state index in [9.17, 15) is 16.4 Å². The van der Waals surface area contributed by atoms with Crippen molar-refractivity contribution in [3.05, 3.63) is 0 Å². The van der Waals surface area contributed by atoms with Crippen LogP contribution in [0.1, 0.15) is 20.8 Å². The number of hydrogen-bond donors (Lipinski definition) is 0. The predicted octanol–water partition coefficient (Wildman–Crippen LogP) is 3.50. The average molecular weight is 230 g/mol. The monoisotopic (exact) mass is 230 g/mol. The predicted molar refractivity (Wildman–Crippen MR) is 48.5 cm³/mol. The van der Waals surface area contributed by atoms with Crippen molar-refractivity contribution >= 4 is 16.5 Å². The Labute approximate surface area is 77.8 Å². The lowest BCUT2D eigenvalue weighted by Gasteiger charge is -2.39. The first-order valence-electron chi connectivity index (χ1n) is 4.46. The summed E-state index contributed by atoms with van der Waals surface area (Å²) in [6, 6.07) is -0.502. The number of rotatable bonds is 0. The van der Waals surface area contributed by atoms with E-state index in [-0.39, 0.29) is 11.8 Å². The Kier molecular flexibility index (Phi) is 2.66. The highest BCUT2D eigenvalue weighted by Crippen LogP contribution is 2.50. The van der Waals surface area contributed by atoms with Crippen molar-refractivity contribution in [3.63, 3.8) is 0 Å². The second-order valence-electron chi connectivity index (χ2n) is 4.16. The van der Waals surface area contributed by atoms with Crippen LogP contribution in [0, 0.1) is 11.8 Å². The van der Waals surface area contributed by atoms with Crippen LogP contribution in [0.25, 0.3) is 0 Å². The Morgan fingerprint density at radius 3 is 1.92 bits per heavy atom. The van der Waals surface area contributed by atoms with Crippen LogP contribution >= 0.6 is 0 Å². The molecule has 0 aromatic rings. The quantitative estimate of drug-likeness (QED) is 0.339. The van der Waals surface area contributed by atoms with E-state index in [1.54, 1.807) is 13.8 Å². The second kappa shape index (κ2) is 3.08. The summed E-state index contributed by atoms with van der Waals surface area (Å²) in [4.78, 5) is 0. The molecule has 0 spiro atoms. The van der Waals surface area contributed by atoms with Crippen molar-refractivity contribution < 1.29 is 16.4 Å². The average Bonchev–Trinajstić information content (AvgIpc) is 1.98. The molecular formula is C7H14F4Si2. The van der Waals surface area contributed by atoms with Crippen LogP contribution in [-0.2, 0) is 0 Å². The third-order valence-corrected chi connectivity index (χ3v) is 12.0. The molecule has 13 heavy (non-hydrogen) atoms. The normalized spacial score (nSPS) is 43.2. The van der Waals surface area contributed by atoms with Crippen molar-refractivity contribution in [3.8, 4) is 0 Å². The molecule has 0 N–H and O–H groups in total. The summed E-state index contributed by atoms with van der Waals surface area (Å²) in [5.41, 5.74) is -1.04. The zero-order valence-corrected chi connectivity index (χ0v) is 9.95. The van der Waals surface area contributed by atoms with E-state index in [4.69, 9.17) is 0 Å². The Morgan fingerprint density at radius 2 is 1.46 bits per heavy atom. The molecule has 0 saturated carbocycles. The highest BCUT2D eigenvalue weighted by molar-refractivity contribution is 7.31. The summed E-state index contributed by atoms with van der Waals surface area (Å²) in [6.07, 6.45) is 0. The minimum absolute atomic E-state index is 0.246. The third-order valence-electron chi connectivity index (χ3n) is 3.32. The first-order valence-corrected chi connectivity index (χ1v) is 9.25. The molecule has 0 amide bonds. The maximum absolute atomic E-state index is 13.3. The van der Waals surface area contributed by atoms with E-state index in [2.05, 4.69) is 0 Å². The molecule has 78 valence electrons. The van der Waals surface area contributed by atoms with Crippen molar-refractivity contribution in [2.24, 2.45) is 11.8 Å². The highest BCUT2D eigenvalue weighted by Gasteiger charge is 2.72. The summed E-state index contributed by atoms with van der Waals surface area (Å²) in [5, 5.41) is 0. The third kappa shape index (κ3) is 1.58. The number of halogens is 4. The van der Waals surface area contributed by atoms with Gasteiger partial charge in [0.05, 0.1) is 0 Å². The smallest absolute Gasteiger partial charge is 0.268 e. The van der Waals surface area contributed by atoms with Gasteiger partial charge in [0.25, 0.3) is 0 Å². The van der Waals surface area contributed by atoms with Crippen LogP contribution in [0.3, 0.4) is 0 Å². The van der Waals surface area contributed by atoms with Gasteiger partial charge in [0, 0.05) is 11.6 Å². The summed E-state index contributed by atoms with van der Waals surface area (Å²) < 4.78 is 52.7. The highest BCUT2D eigenvalue weighted by atomic mass is 29.3. The molecule has 1 aliphatic heterocycles. The maximum Gasteiger partial charge on any atom is 0.479 e. The van der Waals surface area contributed by atoms with Crippen LogP contribution in [0.4, 0.5) is 16.4 Å². The van der Waals surface area contributed by atoms with Gasteiger partial charge >= 0.3 is 16.5 Å². The second-order valence-corrected chi connectivity index (χ2v) is 12.3. The molecule has 0 bridgehead atoms. The van der Waals surface area contributed by atoms with Crippen LogP contribution in [0.5, 0.6) is 0 Å². The first kappa shape index (κ1) is 11.2. The van der Waals surface area contributed by atoms with Crippen LogP contribution in [-0.4, -0.2) is 16.5 Å². The van der Waals surface area contributed by atoms with Gasteiger partial charge in [-0.25, -0.2) is 0 Å². The van der Waals surface area contributed by atoms with Gasteiger partial charge in [0.2, 0.25) is 0 Å². The summed E-state index contributed by atoms with van der Waals surface area (Å²) in [7, 11) is -10.4. The maximum atomic E-state index is 13.3. The topological polar surface area (TPSA) is 0 Å². The standard InChI is InChI=1S/C7H14F4Si2/c1-5-4-12(8,9)13(10,11)7(3)6(5)2/h5-7H,4H2,1-3H3/t5-,6+,7-/m1/s1. The van der Waals surface area contributed by atoms with E-state index in [1.165, 1.54) is 6.92 Å². The van der Waals surface area contributed by atoms with Gasteiger partial charge in [-0.2, -0.15) is 0 Å². The summed E-state index contributed by atoms with van der Waals surface area (Å²) in [6.45, 7) is 4.62. The molecular weight excluding hydrogens is 216 g/mol. The molecule has 0 nitrogen and oxygen atoms in total. The van der Waals surface area contributed by atoms with Gasteiger partial charge in [-0.15, -0.1) is 0 Å². The number of hydrogen-bond acceptors (Lipinski definition) is 0. The van der Waals surface area contributed by atoms with E-state index in [0.717, 1.165) is 0 Å². The fourth-order valence-corrected chi connectivity index (χ4v) is 9.56. The minimum atomic E-state index is -5.22. The molecule has 6 heteroatoms. The first-order chi connectivity index (χ1) is 5.70. The fourth-order valence-electron chi connectivity index (χ4n) is 1.88. The van der Waals surface area contributed by atoms with Crippen LogP contribution < -0.4 is 0 Å². The lowest BCUT2D eigenvalue weighted by Crippen LogP contribution is -2.60. The molecule has 1 rings (SSSR count). The van der Waals surface area contributed by atoms with E-state index < -0.39 is 28.1 Å². The molecule has 0 aromatic heterocycles. The van der Waals surface area contributed by atoms with E-state index in [1.807, 2.05) is 0 Å². The Hall–Kier alpha value is 0.154. The zero-order valence-electron chi connectivity index (χ0n) is 7.95. The largest absolute Gasteiger partial charge is 0.479 e. The van der Waals surface area contributed by atoms with Crippen molar-refractivity contribution in [1.29, 1.82) is 0 Å². The van der Waals surface area contributed by atoms with Gasteiger partial charge in [-0.1, -0.05) is 20.8 Å². The Morgan fingerprint density at radius 1 is 1.00 bits per heavy atom. The molecule has 0 unspecified atom stereocenters.